The van der Waals surface area contributed by atoms with Gasteiger partial charge in [-0.1, -0.05) is 48.5 Å². The maximum atomic E-state index is 6.20. The van der Waals surface area contributed by atoms with Gasteiger partial charge in [-0.2, -0.15) is 9.13 Å². The fourth-order valence-electron chi connectivity index (χ4n) is 9.17. The Morgan fingerprint density at radius 1 is 0.459 bits per heavy atom. The highest BCUT2D eigenvalue weighted by Crippen LogP contribution is 2.39. The number of quaternary nitrogens is 2. The fraction of sp³-hybridized carbons (Fsp3) is 0.358. The Balaban J connectivity index is 0.743. The Morgan fingerprint density at radius 3 is 1.30 bits per heavy atom. The Morgan fingerprint density at radius 2 is 0.852 bits per heavy atom. The van der Waals surface area contributed by atoms with E-state index in [0.29, 0.717) is 0 Å². The van der Waals surface area contributed by atoms with Gasteiger partial charge in [-0.05, 0) is 73.2 Å². The highest BCUT2D eigenvalue weighted by Gasteiger charge is 2.25. The minimum Gasteiger partial charge on any atom is -0.439 e. The van der Waals surface area contributed by atoms with Crippen molar-refractivity contribution in [2.75, 3.05) is 78.3 Å². The summed E-state index contributed by atoms with van der Waals surface area (Å²) in [4.78, 5) is 4.25. The van der Waals surface area contributed by atoms with Crippen LogP contribution in [-0.2, 0) is 13.1 Å². The maximum Gasteiger partial charge on any atom is 0.213 e. The molecule has 0 atom stereocenters. The number of para-hydroxylation sites is 6. The van der Waals surface area contributed by atoms with Gasteiger partial charge in [0.15, 0.2) is 23.9 Å². The quantitative estimate of drug-likeness (QED) is 0.0492. The van der Waals surface area contributed by atoms with Gasteiger partial charge in [0.1, 0.15) is 13.1 Å². The van der Waals surface area contributed by atoms with Crippen molar-refractivity contribution in [3.8, 4) is 11.5 Å². The van der Waals surface area contributed by atoms with Crippen LogP contribution < -0.4 is 28.4 Å². The molecule has 0 saturated carbocycles. The van der Waals surface area contributed by atoms with Crippen LogP contribution in [0.3, 0.4) is 0 Å². The number of aromatic nitrogens is 2. The monoisotopic (exact) mass is 819 g/mol. The first-order valence-corrected chi connectivity index (χ1v) is 22.5. The number of nitrogens with zero attached hydrogens (tertiary/aromatic N) is 6. The van der Waals surface area contributed by atoms with Gasteiger partial charge in [0, 0.05) is 69.8 Å². The summed E-state index contributed by atoms with van der Waals surface area (Å²) >= 11 is 0. The molecule has 0 N–H and O–H groups in total. The molecule has 0 spiro atoms. The van der Waals surface area contributed by atoms with Crippen LogP contribution in [0.4, 0.5) is 11.4 Å². The van der Waals surface area contributed by atoms with E-state index in [1.807, 2.05) is 24.3 Å². The first-order chi connectivity index (χ1) is 29.6. The summed E-state index contributed by atoms with van der Waals surface area (Å²) in [7, 11) is 13.8. The minimum absolute atomic E-state index is 0.857. The highest BCUT2D eigenvalue weighted by molar-refractivity contribution is 5.88. The predicted octanol–water partition coefficient (Wildman–Crippen LogP) is 9.81. The maximum absolute atomic E-state index is 6.20. The van der Waals surface area contributed by atoms with Gasteiger partial charge in [-0.3, -0.25) is 0 Å². The Labute approximate surface area is 364 Å². The topological polar surface area (TPSA) is 32.7 Å². The van der Waals surface area contributed by atoms with E-state index >= 15 is 0 Å². The molecule has 8 nitrogen and oxygen atoms in total. The number of pyridine rings is 2. The van der Waals surface area contributed by atoms with E-state index < -0.39 is 0 Å². The van der Waals surface area contributed by atoms with Crippen molar-refractivity contribution in [1.82, 2.24) is 0 Å². The molecule has 2 aromatic heterocycles. The fourth-order valence-corrected chi connectivity index (χ4v) is 9.17. The lowest BCUT2D eigenvalue weighted by molar-refractivity contribution is -0.909. The largest absolute Gasteiger partial charge is 0.439 e. The molecule has 0 amide bonds. The summed E-state index contributed by atoms with van der Waals surface area (Å²) in [6.07, 6.45) is 17.5. The van der Waals surface area contributed by atoms with E-state index in [-0.39, 0.29) is 0 Å². The van der Waals surface area contributed by atoms with Gasteiger partial charge >= 0.3 is 0 Å². The molecule has 2 aliphatic heterocycles. The van der Waals surface area contributed by atoms with Gasteiger partial charge in [0.25, 0.3) is 0 Å². The number of rotatable bonds is 18. The van der Waals surface area contributed by atoms with Crippen molar-refractivity contribution in [2.45, 2.75) is 58.0 Å². The summed E-state index contributed by atoms with van der Waals surface area (Å²) in [6.45, 7) is 6.97. The Bertz CT molecular complexity index is 2370. The molecular weight excluding hydrogens is 753 g/mol. The summed E-state index contributed by atoms with van der Waals surface area (Å²) in [5.74, 6) is 3.53. The summed E-state index contributed by atoms with van der Waals surface area (Å²) in [5.41, 5.74) is 7.10. The van der Waals surface area contributed by atoms with Crippen molar-refractivity contribution in [2.24, 2.45) is 0 Å². The highest BCUT2D eigenvalue weighted by atomic mass is 16.5. The third-order valence-corrected chi connectivity index (χ3v) is 12.9. The molecule has 2 aliphatic rings. The van der Waals surface area contributed by atoms with Crippen LogP contribution in [0, 0.1) is 0 Å². The zero-order valence-electron chi connectivity index (χ0n) is 37.4. The number of hydrogen-bond acceptors (Lipinski definition) is 4. The van der Waals surface area contributed by atoms with E-state index in [4.69, 9.17) is 9.47 Å². The lowest BCUT2D eigenvalue weighted by Gasteiger charge is -2.33. The second kappa shape index (κ2) is 18.5. The van der Waals surface area contributed by atoms with Gasteiger partial charge in [0.05, 0.1) is 76.5 Å². The Kier molecular flexibility index (Phi) is 12.7. The lowest BCUT2D eigenvalue weighted by atomic mass is 10.1. The minimum atomic E-state index is 0.857. The molecule has 0 radical (unpaired) electrons. The van der Waals surface area contributed by atoms with Crippen LogP contribution >= 0.6 is 0 Å². The number of fused-ring (bicyclic) bond motifs is 4. The molecule has 0 unspecified atom stereocenters. The molecule has 0 saturated heterocycles. The first kappa shape index (κ1) is 42.0. The van der Waals surface area contributed by atoms with Crippen molar-refractivity contribution < 1.29 is 27.6 Å². The predicted molar refractivity (Wildman–Crippen MR) is 251 cm³/mol. The van der Waals surface area contributed by atoms with Crippen LogP contribution in [0.15, 0.2) is 133 Å². The summed E-state index contributed by atoms with van der Waals surface area (Å²) in [5, 5.41) is 2.51. The lowest BCUT2D eigenvalue weighted by Crippen LogP contribution is -2.46. The van der Waals surface area contributed by atoms with Crippen LogP contribution in [0.2, 0.25) is 0 Å². The molecule has 8 heteroatoms. The molecule has 6 aromatic rings. The SMILES string of the molecule is CN1/C(=C/c2cc[n+](CCCCC[N+](C)(C)CCC[N+](C)(C)CCCCC[n+]3ccc(/C=C4/Oc5ccccc5N4C)c4ccccc43)c3ccccc23)Oc2ccccc21. The number of ether oxygens (including phenoxy) is 2. The average Bonchev–Trinajstić information content (AvgIpc) is 3.75. The van der Waals surface area contributed by atoms with E-state index in [2.05, 4.69) is 171 Å². The number of aryl methyl sites for hydroxylation is 2. The van der Waals surface area contributed by atoms with E-state index in [0.717, 1.165) is 56.7 Å². The molecule has 0 aliphatic carbocycles. The third-order valence-electron chi connectivity index (χ3n) is 12.9. The second-order valence-electron chi connectivity index (χ2n) is 18.4. The van der Waals surface area contributed by atoms with Gasteiger partial charge < -0.3 is 28.2 Å². The van der Waals surface area contributed by atoms with E-state index in [1.165, 1.54) is 104 Å². The normalized spacial score (nSPS) is 15.2. The molecule has 316 valence electrons. The number of benzene rings is 4. The van der Waals surface area contributed by atoms with Crippen LogP contribution in [0.5, 0.6) is 11.5 Å². The molecule has 61 heavy (non-hydrogen) atoms. The van der Waals surface area contributed by atoms with Crippen molar-refractivity contribution in [3.63, 3.8) is 0 Å². The van der Waals surface area contributed by atoms with Crippen LogP contribution in [-0.4, -0.2) is 77.4 Å². The van der Waals surface area contributed by atoms with E-state index in [9.17, 15) is 0 Å². The summed E-state index contributed by atoms with van der Waals surface area (Å²) < 4.78 is 19.4. The molecule has 8 rings (SSSR count). The van der Waals surface area contributed by atoms with Gasteiger partial charge in [0.2, 0.25) is 22.8 Å². The van der Waals surface area contributed by atoms with Crippen molar-refractivity contribution in [1.29, 1.82) is 0 Å². The second-order valence-corrected chi connectivity index (χ2v) is 18.4. The molecule has 0 fully saturated rings. The summed E-state index contributed by atoms with van der Waals surface area (Å²) in [6, 6.07) is 38.4. The zero-order chi connectivity index (χ0) is 42.4. The number of hydrogen-bond donors (Lipinski definition) is 0. The number of anilines is 2. The molecule has 0 bridgehead atoms. The molecule has 4 aromatic carbocycles. The van der Waals surface area contributed by atoms with Gasteiger partial charge in [-0.15, -0.1) is 0 Å². The Hall–Kier alpha value is -5.70. The zero-order valence-corrected chi connectivity index (χ0v) is 37.4. The first-order valence-electron chi connectivity index (χ1n) is 22.5. The third kappa shape index (κ3) is 9.93. The van der Waals surface area contributed by atoms with E-state index in [1.54, 1.807) is 0 Å². The van der Waals surface area contributed by atoms with Crippen LogP contribution in [0.1, 0.15) is 56.1 Å². The molecular formula is C53H66N6O2+4. The van der Waals surface area contributed by atoms with Crippen molar-refractivity contribution in [3.05, 3.63) is 144 Å². The van der Waals surface area contributed by atoms with Gasteiger partial charge in [-0.25, -0.2) is 0 Å². The molecule has 4 heterocycles. The average molecular weight is 819 g/mol. The van der Waals surface area contributed by atoms with Crippen LogP contribution in [0.25, 0.3) is 34.0 Å². The van der Waals surface area contributed by atoms with Crippen molar-refractivity contribution >= 4 is 45.3 Å². The number of unbranched alkanes of at least 4 members (excludes halogenated alkanes) is 4. The smallest absolute Gasteiger partial charge is 0.213 e. The standard InChI is InChI=1S/C53H66N6O2/c1-54-48-26-13-15-28-50(48)60-52(54)40-42-30-34-56(46-24-11-9-22-44(42)46)32-17-7-19-36-58(3,4)38-21-39-59(5,6)37-20-8-18-33-57-35-31-43(45-23-10-12-25-47(45)57)41-53-55(2)49-27-14-16-29-51(49)61-53/h9-16,22-31,34-35,40-41H,7-8,17-21,32-33,36-39H2,1-6H3/q+4.